The Hall–Kier alpha value is -2.01. The highest BCUT2D eigenvalue weighted by molar-refractivity contribution is 5.82. The van der Waals surface area contributed by atoms with Crippen molar-refractivity contribution in [2.45, 2.75) is 70.5 Å². The molecule has 27 heavy (non-hydrogen) atoms. The molecule has 1 saturated carbocycles. The summed E-state index contributed by atoms with van der Waals surface area (Å²) in [6.07, 6.45) is 7.55. The molecule has 1 saturated heterocycles. The van der Waals surface area contributed by atoms with Gasteiger partial charge in [0.1, 0.15) is 11.3 Å². The van der Waals surface area contributed by atoms with Crippen molar-refractivity contribution in [1.82, 2.24) is 15.5 Å². The highest BCUT2D eigenvalue weighted by Gasteiger charge is 2.28. The molecule has 146 valence electrons. The predicted octanol–water partition coefficient (Wildman–Crippen LogP) is 4.51. The van der Waals surface area contributed by atoms with Gasteiger partial charge in [-0.05, 0) is 45.6 Å². The number of likely N-dealkylation sites (tertiary alicyclic amines) is 1. The van der Waals surface area contributed by atoms with E-state index in [2.05, 4.69) is 28.5 Å². The molecule has 2 amide bonds. The van der Waals surface area contributed by atoms with Gasteiger partial charge in [-0.15, -0.1) is 0 Å². The van der Waals surface area contributed by atoms with E-state index in [0.29, 0.717) is 0 Å². The van der Waals surface area contributed by atoms with Crippen LogP contribution in [-0.4, -0.2) is 36.1 Å². The van der Waals surface area contributed by atoms with E-state index >= 15 is 0 Å². The zero-order valence-corrected chi connectivity index (χ0v) is 16.5. The number of nitrogens with zero attached hydrogens (tertiary/aromatic N) is 1. The normalized spacial score (nSPS) is 20.8. The number of aryl methyl sites for hydroxylation is 1. The van der Waals surface area contributed by atoms with E-state index in [1.165, 1.54) is 25.7 Å². The van der Waals surface area contributed by atoms with Crippen molar-refractivity contribution in [3.05, 3.63) is 35.6 Å². The standard InChI is InChI=1S/C22H31N3O2/c1-15-19-9-5-6-10-20(19)27-21(15)16(2)23-22(26)24-17-11-13-25(14-12-17)18-7-3-4-8-18/h5-6,9-10,16-18H,3-4,7-8,11-14H2,1-2H3,(H2,23,24,26)/t16-/m1/s1. The van der Waals surface area contributed by atoms with Crippen molar-refractivity contribution in [2.75, 3.05) is 13.1 Å². The van der Waals surface area contributed by atoms with Gasteiger partial charge in [-0.3, -0.25) is 0 Å². The fourth-order valence-corrected chi connectivity index (χ4v) is 4.77. The molecule has 1 aliphatic carbocycles. The van der Waals surface area contributed by atoms with E-state index in [-0.39, 0.29) is 18.1 Å². The summed E-state index contributed by atoms with van der Waals surface area (Å²) >= 11 is 0. The Kier molecular flexibility index (Phi) is 5.39. The molecule has 4 rings (SSSR count). The van der Waals surface area contributed by atoms with Gasteiger partial charge < -0.3 is 20.0 Å². The third-order valence-corrected chi connectivity index (χ3v) is 6.33. The SMILES string of the molecule is Cc1c([C@@H](C)NC(=O)NC2CCN(C3CCCC3)CC2)oc2ccccc12. The molecule has 0 radical (unpaired) electrons. The number of amides is 2. The van der Waals surface area contributed by atoms with Crippen molar-refractivity contribution in [1.29, 1.82) is 0 Å². The van der Waals surface area contributed by atoms with Crippen molar-refractivity contribution in [3.8, 4) is 0 Å². The second kappa shape index (κ2) is 7.93. The minimum Gasteiger partial charge on any atom is -0.459 e. The van der Waals surface area contributed by atoms with Crippen LogP contribution in [0.3, 0.4) is 0 Å². The smallest absolute Gasteiger partial charge is 0.315 e. The topological polar surface area (TPSA) is 57.5 Å². The molecule has 1 aliphatic heterocycles. The number of rotatable bonds is 4. The number of hydrogen-bond donors (Lipinski definition) is 2. The van der Waals surface area contributed by atoms with Gasteiger partial charge in [-0.2, -0.15) is 0 Å². The van der Waals surface area contributed by atoms with Crippen LogP contribution in [0, 0.1) is 6.92 Å². The number of urea groups is 1. The lowest BCUT2D eigenvalue weighted by molar-refractivity contribution is 0.145. The minimum absolute atomic E-state index is 0.0957. The molecule has 5 heteroatoms. The number of fused-ring (bicyclic) bond motifs is 1. The number of para-hydroxylation sites is 1. The Bertz CT molecular complexity index is 786. The van der Waals surface area contributed by atoms with Crippen LogP contribution < -0.4 is 10.6 Å². The van der Waals surface area contributed by atoms with Crippen molar-refractivity contribution in [2.24, 2.45) is 0 Å². The summed E-state index contributed by atoms with van der Waals surface area (Å²) in [5.41, 5.74) is 1.97. The third-order valence-electron chi connectivity index (χ3n) is 6.33. The van der Waals surface area contributed by atoms with Gasteiger partial charge >= 0.3 is 6.03 Å². The van der Waals surface area contributed by atoms with Gasteiger partial charge in [0.25, 0.3) is 0 Å². The predicted molar refractivity (Wildman–Crippen MR) is 108 cm³/mol. The van der Waals surface area contributed by atoms with Crippen molar-refractivity contribution in [3.63, 3.8) is 0 Å². The van der Waals surface area contributed by atoms with Crippen LogP contribution in [0.15, 0.2) is 28.7 Å². The maximum Gasteiger partial charge on any atom is 0.315 e. The molecule has 2 heterocycles. The van der Waals surface area contributed by atoms with Crippen LogP contribution in [0.4, 0.5) is 4.79 Å². The van der Waals surface area contributed by atoms with E-state index in [1.807, 2.05) is 25.1 Å². The van der Waals surface area contributed by atoms with E-state index in [0.717, 1.165) is 54.3 Å². The van der Waals surface area contributed by atoms with Gasteiger partial charge in [-0.1, -0.05) is 31.0 Å². The van der Waals surface area contributed by atoms with Crippen molar-refractivity contribution >= 4 is 17.0 Å². The highest BCUT2D eigenvalue weighted by Crippen LogP contribution is 2.29. The number of carbonyl (C=O) groups is 1. The molecular formula is C22H31N3O2. The maximum absolute atomic E-state index is 12.5. The number of piperidine rings is 1. The molecule has 1 aromatic heterocycles. The Morgan fingerprint density at radius 1 is 1.15 bits per heavy atom. The zero-order chi connectivity index (χ0) is 18.8. The first-order valence-corrected chi connectivity index (χ1v) is 10.4. The van der Waals surface area contributed by atoms with Crippen LogP contribution >= 0.6 is 0 Å². The second-order valence-corrected chi connectivity index (χ2v) is 8.18. The monoisotopic (exact) mass is 369 g/mol. The van der Waals surface area contributed by atoms with Gasteiger partial charge in [-0.25, -0.2) is 4.79 Å². The number of nitrogens with one attached hydrogen (secondary N) is 2. The molecule has 0 spiro atoms. The fourth-order valence-electron chi connectivity index (χ4n) is 4.77. The second-order valence-electron chi connectivity index (χ2n) is 8.18. The largest absolute Gasteiger partial charge is 0.459 e. The first-order chi connectivity index (χ1) is 13.1. The van der Waals surface area contributed by atoms with E-state index in [1.54, 1.807) is 0 Å². The molecule has 1 atom stereocenters. The lowest BCUT2D eigenvalue weighted by atomic mass is 10.0. The van der Waals surface area contributed by atoms with Gasteiger partial charge in [0.15, 0.2) is 0 Å². The lowest BCUT2D eigenvalue weighted by Crippen LogP contribution is -2.50. The number of furan rings is 1. The third kappa shape index (κ3) is 3.98. The van der Waals surface area contributed by atoms with Crippen LogP contribution in [0.25, 0.3) is 11.0 Å². The van der Waals surface area contributed by atoms with E-state index < -0.39 is 0 Å². The van der Waals surface area contributed by atoms with E-state index in [4.69, 9.17) is 4.42 Å². The van der Waals surface area contributed by atoms with Gasteiger partial charge in [0.05, 0.1) is 6.04 Å². The van der Waals surface area contributed by atoms with Gasteiger partial charge in [0.2, 0.25) is 0 Å². The quantitative estimate of drug-likeness (QED) is 0.834. The first-order valence-electron chi connectivity index (χ1n) is 10.4. The molecule has 2 aliphatic rings. The average Bonchev–Trinajstić information content (AvgIpc) is 3.31. The molecule has 5 nitrogen and oxygen atoms in total. The summed E-state index contributed by atoms with van der Waals surface area (Å²) < 4.78 is 5.97. The molecule has 2 N–H and O–H groups in total. The van der Waals surface area contributed by atoms with Crippen LogP contribution in [0.2, 0.25) is 0 Å². The Balaban J connectivity index is 1.29. The van der Waals surface area contributed by atoms with Crippen molar-refractivity contribution < 1.29 is 9.21 Å². The molecule has 2 aromatic rings. The number of carbonyl (C=O) groups excluding carboxylic acids is 1. The molecule has 0 bridgehead atoms. The summed E-state index contributed by atoms with van der Waals surface area (Å²) in [7, 11) is 0. The summed E-state index contributed by atoms with van der Waals surface area (Å²) in [6, 6.07) is 8.81. The van der Waals surface area contributed by atoms with Crippen LogP contribution in [-0.2, 0) is 0 Å². The Labute approximate surface area is 161 Å². The molecule has 1 aromatic carbocycles. The minimum atomic E-state index is -0.157. The summed E-state index contributed by atoms with van der Waals surface area (Å²) in [5.74, 6) is 0.836. The first kappa shape index (κ1) is 18.4. The number of hydrogen-bond acceptors (Lipinski definition) is 3. The Morgan fingerprint density at radius 2 is 1.85 bits per heavy atom. The average molecular weight is 370 g/mol. The number of benzene rings is 1. The zero-order valence-electron chi connectivity index (χ0n) is 16.5. The molecular weight excluding hydrogens is 338 g/mol. The van der Waals surface area contributed by atoms with Gasteiger partial charge in [0, 0.05) is 36.1 Å². The van der Waals surface area contributed by atoms with Crippen LogP contribution in [0.5, 0.6) is 0 Å². The molecule has 0 unspecified atom stereocenters. The van der Waals surface area contributed by atoms with E-state index in [9.17, 15) is 4.79 Å². The highest BCUT2D eigenvalue weighted by atomic mass is 16.3. The summed E-state index contributed by atoms with van der Waals surface area (Å²) in [5, 5.41) is 7.33. The fraction of sp³-hybridized carbons (Fsp3) is 0.591. The maximum atomic E-state index is 12.5. The van der Waals surface area contributed by atoms with Crippen LogP contribution in [0.1, 0.15) is 62.8 Å². The summed E-state index contributed by atoms with van der Waals surface area (Å²) in [6.45, 7) is 6.24. The lowest BCUT2D eigenvalue weighted by Gasteiger charge is -2.36. The summed E-state index contributed by atoms with van der Waals surface area (Å²) in [4.78, 5) is 15.1. The Morgan fingerprint density at radius 3 is 2.56 bits per heavy atom. The molecule has 2 fully saturated rings.